The van der Waals surface area contributed by atoms with Crippen molar-refractivity contribution in [2.75, 3.05) is 0 Å². The number of aromatic amines is 2. The van der Waals surface area contributed by atoms with Gasteiger partial charge in [0, 0.05) is 0 Å². The zero-order valence-corrected chi connectivity index (χ0v) is 15.0. The topological polar surface area (TPSA) is 29.9 Å². The van der Waals surface area contributed by atoms with E-state index in [0.29, 0.717) is 0 Å². The maximum atomic E-state index is 5.04. The Hall–Kier alpha value is 1.57. The third kappa shape index (κ3) is 15.6. The first kappa shape index (κ1) is 17.6. The van der Waals surface area contributed by atoms with Gasteiger partial charge in [-0.1, -0.05) is 0 Å². The number of imidazole rings is 1. The molecule has 1 rings (SSSR count). The number of nitrogens with one attached hydrogen (secondary N) is 2. The van der Waals surface area contributed by atoms with Crippen LogP contribution >= 0.6 is 58.1 Å². The van der Waals surface area contributed by atoms with Crippen LogP contribution in [0.5, 0.6) is 0 Å². The first-order valence-corrected chi connectivity index (χ1v) is 17.4. The van der Waals surface area contributed by atoms with Crippen molar-refractivity contribution in [2.45, 2.75) is 26.2 Å². The van der Waals surface area contributed by atoms with Crippen LogP contribution in [0.25, 0.3) is 0 Å². The third-order valence-corrected chi connectivity index (χ3v) is 1.29. The van der Waals surface area contributed by atoms with Crippen LogP contribution in [0, 0.1) is 0 Å². The summed E-state index contributed by atoms with van der Waals surface area (Å²) in [6.45, 7) is 1.27. The summed E-state index contributed by atoms with van der Waals surface area (Å²) in [7, 11) is 30.3. The average Bonchev–Trinajstić information content (AvgIpc) is 2.24. The fourth-order valence-corrected chi connectivity index (χ4v) is 0.725. The number of hydrogen-bond donors (Lipinski definition) is 1. The molecule has 0 radical (unpaired) electrons. The maximum absolute atomic E-state index is 5.22. The Bertz CT molecular complexity index is 320. The normalized spacial score (nSPS) is 16.8. The van der Waals surface area contributed by atoms with Crippen LogP contribution in [0.1, 0.15) is 26.6 Å². The number of halogens is 6. The van der Waals surface area contributed by atoms with Gasteiger partial charge in [0.05, 0.1) is 5.41 Å². The van der Waals surface area contributed by atoms with Crippen molar-refractivity contribution in [2.24, 2.45) is 0 Å². The zero-order valence-electron chi connectivity index (χ0n) is 8.78. The van der Waals surface area contributed by atoms with Gasteiger partial charge >= 0.3 is 64.6 Å². The molecule has 2 nitrogen and oxygen atoms in total. The van der Waals surface area contributed by atoms with Crippen LogP contribution < -0.4 is 4.98 Å². The minimum atomic E-state index is -5.22. The Labute approximate surface area is 118 Å². The molecule has 0 aliphatic carbocycles. The Morgan fingerprint density at radius 3 is 1.56 bits per heavy atom. The summed E-state index contributed by atoms with van der Waals surface area (Å²) >= 11 is 0. The third-order valence-electron chi connectivity index (χ3n) is 1.29. The van der Waals surface area contributed by atoms with Crippen molar-refractivity contribution in [3.05, 3.63) is 18.2 Å². The minimum absolute atomic E-state index is 0.212. The van der Waals surface area contributed by atoms with E-state index in [2.05, 4.69) is 30.7 Å². The molecule has 0 aliphatic heterocycles. The molecule has 0 aliphatic rings. The second kappa shape index (κ2) is 4.60. The molecule has 9 heteroatoms. The van der Waals surface area contributed by atoms with E-state index in [9.17, 15) is 0 Å². The Morgan fingerprint density at radius 2 is 1.44 bits per heavy atom. The van der Waals surface area contributed by atoms with Gasteiger partial charge in [0.2, 0.25) is 0 Å². The molecule has 0 saturated heterocycles. The van der Waals surface area contributed by atoms with E-state index in [1.807, 2.05) is 12.4 Å². The fourth-order valence-electron chi connectivity index (χ4n) is 0.725. The summed E-state index contributed by atoms with van der Waals surface area (Å²) in [5.41, 5.74) is 0.212. The predicted molar refractivity (Wildman–Crippen MR) is 71.2 cm³/mol. The molecule has 0 saturated carbocycles. The number of rotatable bonds is 0. The van der Waals surface area contributed by atoms with Gasteiger partial charge in [-0.3, -0.25) is 0 Å². The molecule has 103 valence electrons. The van der Waals surface area contributed by atoms with Crippen LogP contribution in [-0.2, 0) is 11.9 Å². The molecule has 0 aromatic carbocycles. The Morgan fingerprint density at radius 1 is 1.06 bits per heavy atom. The molecule has 16 heavy (non-hydrogen) atoms. The van der Waals surface area contributed by atoms with E-state index in [1.54, 1.807) is 0 Å². The monoisotopic (exact) mass is 437 g/mol. The van der Waals surface area contributed by atoms with E-state index in [0.717, 1.165) is 0 Å². The summed E-state index contributed by atoms with van der Waals surface area (Å²) in [5, 5.41) is 0. The van der Waals surface area contributed by atoms with Gasteiger partial charge in [-0.25, -0.2) is 9.97 Å². The molecule has 0 bridgehead atoms. The standard InChI is InChI=1S/C7H12N2.6ClH.Ru/c1-7(2,3)6-8-4-5-9-6;;;;;;;/h4-5H,1-3H3,(H,8,9);6*1H;/q;;;;;;;+3/p-5. The Kier molecular flexibility index (Phi) is 5.05. The summed E-state index contributed by atoms with van der Waals surface area (Å²) in [6, 6.07) is 0. The first-order valence-electron chi connectivity index (χ1n) is 3.96. The second-order valence-corrected chi connectivity index (χ2v) is 43.6. The summed E-state index contributed by atoms with van der Waals surface area (Å²) in [5.74, 6) is 1.17. The summed E-state index contributed by atoms with van der Waals surface area (Å²) in [4.78, 5) is 6.24. The van der Waals surface area contributed by atoms with Crippen LogP contribution in [0.3, 0.4) is 0 Å². The molecular weight excluding hydrogens is 426 g/mol. The molecule has 0 fully saturated rings. The SMILES string of the molecule is CC(C)(C)c1[nH]cc[nH+]1.[Cl][Ru-3]([Cl])([Cl])([Cl])([Cl])[Cl]. The van der Waals surface area contributed by atoms with Crippen molar-refractivity contribution in [3.8, 4) is 0 Å². The van der Waals surface area contributed by atoms with E-state index in [4.69, 9.17) is 58.1 Å². The van der Waals surface area contributed by atoms with Gasteiger partial charge < -0.3 is 0 Å². The van der Waals surface area contributed by atoms with E-state index >= 15 is 0 Å². The van der Waals surface area contributed by atoms with Gasteiger partial charge in [-0.05, 0) is 20.8 Å². The van der Waals surface area contributed by atoms with Gasteiger partial charge in [-0.15, -0.1) is 0 Å². The summed E-state index contributed by atoms with van der Waals surface area (Å²) < 4.78 is 0. The first-order chi connectivity index (χ1) is 6.55. The van der Waals surface area contributed by atoms with Crippen LogP contribution in [0.4, 0.5) is 0 Å². The molecule has 2 N–H and O–H groups in total. The number of aromatic nitrogens is 2. The molecule has 0 unspecified atom stereocenters. The number of H-pyrrole nitrogens is 2. The molecular formula is C7H13Cl6N2Ru-2. The fraction of sp³-hybridized carbons (Fsp3) is 0.571. The van der Waals surface area contributed by atoms with Gasteiger partial charge in [0.1, 0.15) is 12.4 Å². The zero-order chi connectivity index (χ0) is 13.3. The molecule has 1 heterocycles. The molecule has 0 amide bonds. The van der Waals surface area contributed by atoms with Crippen LogP contribution in [0.15, 0.2) is 12.4 Å². The van der Waals surface area contributed by atoms with Gasteiger partial charge in [0.15, 0.2) is 0 Å². The predicted octanol–water partition coefficient (Wildman–Crippen LogP) is 5.26. The van der Waals surface area contributed by atoms with Gasteiger partial charge in [-0.2, -0.15) is 0 Å². The average molecular weight is 439 g/mol. The van der Waals surface area contributed by atoms with Crippen molar-refractivity contribution < 1.29 is 11.5 Å². The Balaban J connectivity index is 0.000000293. The van der Waals surface area contributed by atoms with Crippen molar-refractivity contribution in [3.63, 3.8) is 0 Å². The molecule has 1 aromatic heterocycles. The molecule has 0 atom stereocenters. The van der Waals surface area contributed by atoms with Crippen molar-refractivity contribution in [1.82, 2.24) is 4.98 Å². The van der Waals surface area contributed by atoms with Crippen LogP contribution in [0.2, 0.25) is 0 Å². The van der Waals surface area contributed by atoms with Crippen molar-refractivity contribution >= 4 is 58.1 Å². The van der Waals surface area contributed by atoms with E-state index in [-0.39, 0.29) is 5.41 Å². The molecule has 0 spiro atoms. The summed E-state index contributed by atoms with van der Waals surface area (Å²) in [6.07, 6.45) is 3.81. The van der Waals surface area contributed by atoms with E-state index in [1.165, 1.54) is 5.82 Å². The van der Waals surface area contributed by atoms with Crippen molar-refractivity contribution in [1.29, 1.82) is 0 Å². The van der Waals surface area contributed by atoms with E-state index < -0.39 is 6.48 Å². The number of hydrogen-bond acceptors (Lipinski definition) is 0. The second-order valence-electron chi connectivity index (χ2n) is 4.00. The molecule has 1 aromatic rings. The van der Waals surface area contributed by atoms with Gasteiger partial charge in [0.25, 0.3) is 5.82 Å². The van der Waals surface area contributed by atoms with Crippen LogP contribution in [-0.4, -0.2) is 4.98 Å². The quantitative estimate of drug-likeness (QED) is 0.535.